The number of ether oxygens (including phenoxy) is 1. The molecular weight excluding hydrogens is 520 g/mol. The molecule has 2 aromatic rings. The molecule has 5 aliphatic rings. The first-order chi connectivity index (χ1) is 19.9. The van der Waals surface area contributed by atoms with Crippen LogP contribution in [-0.4, -0.2) is 83.7 Å². The van der Waals surface area contributed by atoms with Crippen LogP contribution < -0.4 is 10.1 Å². The zero-order valence-electron chi connectivity index (χ0n) is 23.3. The van der Waals surface area contributed by atoms with E-state index in [1.165, 1.54) is 5.56 Å². The molecule has 1 N–H and O–H groups in total. The smallest absolute Gasteiger partial charge is 0.255 e. The minimum absolute atomic E-state index is 0.0617. The summed E-state index contributed by atoms with van der Waals surface area (Å²) in [6.07, 6.45) is 4.77. The minimum Gasteiger partial charge on any atom is -0.492 e. The van der Waals surface area contributed by atoms with Gasteiger partial charge in [0.25, 0.3) is 11.8 Å². The van der Waals surface area contributed by atoms with E-state index in [1.54, 1.807) is 4.90 Å². The maximum Gasteiger partial charge on any atom is 0.255 e. The second-order valence-corrected chi connectivity index (χ2v) is 12.4. The third-order valence-corrected chi connectivity index (χ3v) is 9.89. The van der Waals surface area contributed by atoms with Gasteiger partial charge in [0, 0.05) is 53.7 Å². The number of nitrogens with zero attached hydrogens (tertiary/aromatic N) is 3. The molecule has 4 amide bonds. The van der Waals surface area contributed by atoms with Gasteiger partial charge in [-0.05, 0) is 69.3 Å². The van der Waals surface area contributed by atoms with E-state index < -0.39 is 11.9 Å². The molecule has 3 fully saturated rings. The summed E-state index contributed by atoms with van der Waals surface area (Å²) in [7, 11) is 0. The number of amides is 4. The van der Waals surface area contributed by atoms with Crippen molar-refractivity contribution in [2.24, 2.45) is 5.92 Å². The number of hydrogen-bond donors (Lipinski definition) is 1. The van der Waals surface area contributed by atoms with Crippen molar-refractivity contribution in [2.45, 2.75) is 56.5 Å². The molecule has 2 aromatic carbocycles. The normalized spacial score (nSPS) is 25.6. The van der Waals surface area contributed by atoms with Gasteiger partial charge in [-0.3, -0.25) is 24.5 Å². The molecule has 41 heavy (non-hydrogen) atoms. The molecule has 9 heteroatoms. The summed E-state index contributed by atoms with van der Waals surface area (Å²) < 4.78 is 6.33. The van der Waals surface area contributed by atoms with Crippen molar-refractivity contribution >= 4 is 23.6 Å². The van der Waals surface area contributed by atoms with E-state index in [0.29, 0.717) is 31.1 Å². The first-order valence-corrected chi connectivity index (χ1v) is 14.9. The summed E-state index contributed by atoms with van der Waals surface area (Å²) in [6, 6.07) is 12.9. The molecule has 5 heterocycles. The Bertz CT molecular complexity index is 1400. The fourth-order valence-corrected chi connectivity index (χ4v) is 7.59. The van der Waals surface area contributed by atoms with Gasteiger partial charge in [0.2, 0.25) is 11.8 Å². The van der Waals surface area contributed by atoms with Crippen LogP contribution in [0.5, 0.6) is 5.75 Å². The molecule has 1 spiro atoms. The number of benzene rings is 2. The highest BCUT2D eigenvalue weighted by Gasteiger charge is 2.47. The van der Waals surface area contributed by atoms with Crippen molar-refractivity contribution in [3.05, 3.63) is 64.7 Å². The lowest BCUT2D eigenvalue weighted by Gasteiger charge is -2.41. The van der Waals surface area contributed by atoms with Crippen molar-refractivity contribution in [3.63, 3.8) is 0 Å². The maximum atomic E-state index is 13.2. The summed E-state index contributed by atoms with van der Waals surface area (Å²) >= 11 is 0. The lowest BCUT2D eigenvalue weighted by Crippen LogP contribution is -2.52. The number of nitrogens with one attached hydrogen (secondary N) is 1. The Hall–Kier alpha value is -3.72. The average Bonchev–Trinajstić information content (AvgIpc) is 3.52. The van der Waals surface area contributed by atoms with Crippen LogP contribution in [0.25, 0.3) is 0 Å². The summed E-state index contributed by atoms with van der Waals surface area (Å²) in [5.41, 5.74) is 3.37. The Kier molecular flexibility index (Phi) is 6.57. The molecule has 9 nitrogen and oxygen atoms in total. The quantitative estimate of drug-likeness (QED) is 0.582. The van der Waals surface area contributed by atoms with Crippen molar-refractivity contribution in [1.29, 1.82) is 0 Å². The maximum absolute atomic E-state index is 13.2. The van der Waals surface area contributed by atoms with E-state index in [9.17, 15) is 19.2 Å². The Morgan fingerprint density at radius 1 is 1.00 bits per heavy atom. The largest absolute Gasteiger partial charge is 0.492 e. The van der Waals surface area contributed by atoms with E-state index in [0.717, 1.165) is 75.3 Å². The summed E-state index contributed by atoms with van der Waals surface area (Å²) in [4.78, 5) is 56.5. The lowest BCUT2D eigenvalue weighted by molar-refractivity contribution is -0.136. The third-order valence-electron chi connectivity index (χ3n) is 9.89. The van der Waals surface area contributed by atoms with Gasteiger partial charge in [-0.25, -0.2) is 0 Å². The number of carbonyl (C=O) groups is 4. The molecule has 1 unspecified atom stereocenters. The molecule has 3 saturated heterocycles. The molecule has 0 bridgehead atoms. The highest BCUT2D eigenvalue weighted by Crippen LogP contribution is 2.49. The standard InChI is InChI=1S/C32H36N4O5/c37-27-11-10-26(29(38)33-27)36-19-24-23(31(36)40)8-9-25-28(24)41-20-32(25)12-15-34(16-13-32)17-21-5-4-14-35(18-21)30(39)22-6-2-1-3-7-22/h1-3,6-9,21,26H,4-5,10-20H2,(H,33,37,38)/t21?,26-/m0/s1. The fraction of sp³-hybridized carbons (Fsp3) is 0.500. The second-order valence-electron chi connectivity index (χ2n) is 12.4. The van der Waals surface area contributed by atoms with Crippen molar-refractivity contribution in [1.82, 2.24) is 20.0 Å². The topological polar surface area (TPSA) is 99.3 Å². The van der Waals surface area contributed by atoms with Gasteiger partial charge in [0.1, 0.15) is 11.8 Å². The zero-order chi connectivity index (χ0) is 28.1. The van der Waals surface area contributed by atoms with Crippen molar-refractivity contribution in [3.8, 4) is 5.75 Å². The van der Waals surface area contributed by atoms with E-state index in [2.05, 4.69) is 16.3 Å². The van der Waals surface area contributed by atoms with Crippen LogP contribution in [0.3, 0.4) is 0 Å². The fourth-order valence-electron chi connectivity index (χ4n) is 7.59. The highest BCUT2D eigenvalue weighted by molar-refractivity contribution is 6.05. The van der Waals surface area contributed by atoms with Gasteiger partial charge < -0.3 is 19.4 Å². The summed E-state index contributed by atoms with van der Waals surface area (Å²) in [5.74, 6) is 0.592. The molecule has 0 radical (unpaired) electrons. The second kappa shape index (κ2) is 10.3. The molecule has 0 saturated carbocycles. The Morgan fingerprint density at radius 2 is 1.80 bits per heavy atom. The monoisotopic (exact) mass is 556 g/mol. The van der Waals surface area contributed by atoms with Crippen LogP contribution in [0.1, 0.15) is 70.4 Å². The van der Waals surface area contributed by atoms with Gasteiger partial charge >= 0.3 is 0 Å². The molecule has 5 aliphatic heterocycles. The molecule has 0 aliphatic carbocycles. The number of imide groups is 1. The number of carbonyl (C=O) groups excluding carboxylic acids is 4. The minimum atomic E-state index is -0.624. The number of piperidine rings is 3. The van der Waals surface area contributed by atoms with Crippen LogP contribution in [-0.2, 0) is 21.5 Å². The van der Waals surface area contributed by atoms with Crippen molar-refractivity contribution in [2.75, 3.05) is 39.3 Å². The third kappa shape index (κ3) is 4.60. The first-order valence-electron chi connectivity index (χ1n) is 14.9. The Morgan fingerprint density at radius 3 is 2.59 bits per heavy atom. The molecule has 7 rings (SSSR count). The van der Waals surface area contributed by atoms with E-state index in [1.807, 2.05) is 41.3 Å². The van der Waals surface area contributed by atoms with E-state index in [-0.39, 0.29) is 29.6 Å². The van der Waals surface area contributed by atoms with Gasteiger partial charge in [-0.1, -0.05) is 24.3 Å². The molecule has 2 atom stereocenters. The number of hydrogen-bond acceptors (Lipinski definition) is 6. The van der Waals surface area contributed by atoms with E-state index in [4.69, 9.17) is 4.74 Å². The van der Waals surface area contributed by atoms with Gasteiger partial charge in [0.05, 0.1) is 13.2 Å². The van der Waals surface area contributed by atoms with Gasteiger partial charge in [0.15, 0.2) is 0 Å². The lowest BCUT2D eigenvalue weighted by atomic mass is 9.73. The summed E-state index contributed by atoms with van der Waals surface area (Å²) in [5, 5.41) is 2.37. The van der Waals surface area contributed by atoms with Crippen LogP contribution >= 0.6 is 0 Å². The van der Waals surface area contributed by atoms with Crippen LogP contribution in [0, 0.1) is 5.92 Å². The molecule has 214 valence electrons. The molecule has 0 aromatic heterocycles. The van der Waals surface area contributed by atoms with Crippen LogP contribution in [0.2, 0.25) is 0 Å². The van der Waals surface area contributed by atoms with E-state index >= 15 is 0 Å². The zero-order valence-corrected chi connectivity index (χ0v) is 23.3. The Balaban J connectivity index is 0.997. The average molecular weight is 557 g/mol. The number of likely N-dealkylation sites (tertiary alicyclic amines) is 2. The SMILES string of the molecule is O=C1CC[C@H](N2Cc3c(ccc4c3OCC43CCN(CC4CCCN(C(=O)c5ccccc5)C4)CC3)C2=O)C(=O)N1. The predicted molar refractivity (Wildman–Crippen MR) is 150 cm³/mol. The molecular formula is C32H36N4O5. The van der Waals surface area contributed by atoms with Crippen LogP contribution in [0.4, 0.5) is 0 Å². The van der Waals surface area contributed by atoms with Crippen LogP contribution in [0.15, 0.2) is 42.5 Å². The Labute approximate surface area is 239 Å². The van der Waals surface area contributed by atoms with Crippen molar-refractivity contribution < 1.29 is 23.9 Å². The number of fused-ring (bicyclic) bond motifs is 4. The van der Waals surface area contributed by atoms with Gasteiger partial charge in [-0.15, -0.1) is 0 Å². The highest BCUT2D eigenvalue weighted by atomic mass is 16.5. The number of rotatable bonds is 4. The van der Waals surface area contributed by atoms with Gasteiger partial charge in [-0.2, -0.15) is 0 Å². The predicted octanol–water partition coefficient (Wildman–Crippen LogP) is 2.73. The summed E-state index contributed by atoms with van der Waals surface area (Å²) in [6.45, 7) is 5.55. The first kappa shape index (κ1) is 26.2.